The van der Waals surface area contributed by atoms with Crippen LogP contribution in [0.5, 0.6) is 0 Å². The Labute approximate surface area is 151 Å². The van der Waals surface area contributed by atoms with E-state index in [9.17, 15) is 0 Å². The molecule has 0 unspecified atom stereocenters. The van der Waals surface area contributed by atoms with Gasteiger partial charge in [0.1, 0.15) is 5.76 Å². The molecule has 0 aliphatic heterocycles. The molecule has 136 valence electrons. The van der Waals surface area contributed by atoms with Crippen LogP contribution in [0.2, 0.25) is 0 Å². The Morgan fingerprint density at radius 1 is 1.33 bits per heavy atom. The van der Waals surface area contributed by atoms with Gasteiger partial charge in [-0.3, -0.25) is 0 Å². The zero-order valence-corrected chi connectivity index (χ0v) is 15.4. The molecule has 0 amide bonds. The Hall–Kier alpha value is -0.990. The third-order valence-electron chi connectivity index (χ3n) is 4.31. The molecule has 0 saturated heterocycles. The molecule has 1 heterocycles. The maximum Gasteiger partial charge on any atom is 0.177 e. The van der Waals surface area contributed by atoms with Crippen LogP contribution in [-0.2, 0) is 11.2 Å². The van der Waals surface area contributed by atoms with Gasteiger partial charge in [0.25, 0.3) is 0 Å². The van der Waals surface area contributed by atoms with Crippen LogP contribution in [-0.4, -0.2) is 30.0 Å². The lowest BCUT2D eigenvalue weighted by Gasteiger charge is -2.21. The van der Waals surface area contributed by atoms with Gasteiger partial charge in [-0.2, -0.15) is 0 Å². The van der Waals surface area contributed by atoms with Crippen molar-refractivity contribution in [1.82, 2.24) is 0 Å². The number of furan rings is 1. The zero-order valence-electron chi connectivity index (χ0n) is 14.6. The van der Waals surface area contributed by atoms with Crippen LogP contribution in [0.15, 0.2) is 16.5 Å². The summed E-state index contributed by atoms with van der Waals surface area (Å²) in [6.07, 6.45) is 8.90. The van der Waals surface area contributed by atoms with E-state index in [1.54, 1.807) is 0 Å². The van der Waals surface area contributed by atoms with Crippen LogP contribution in [0, 0.1) is 11.8 Å². The highest BCUT2D eigenvalue weighted by molar-refractivity contribution is 5.85. The minimum absolute atomic E-state index is 0. The van der Waals surface area contributed by atoms with E-state index in [0.717, 1.165) is 12.2 Å². The summed E-state index contributed by atoms with van der Waals surface area (Å²) in [5.41, 5.74) is 5.35. The number of ether oxygens (including phenoxy) is 1. The lowest BCUT2D eigenvalue weighted by Crippen LogP contribution is -2.40. The van der Waals surface area contributed by atoms with Gasteiger partial charge in [-0.15, -0.1) is 12.4 Å². The van der Waals surface area contributed by atoms with Crippen LogP contribution >= 0.6 is 12.4 Å². The van der Waals surface area contributed by atoms with Crippen LogP contribution in [0.1, 0.15) is 63.4 Å². The van der Waals surface area contributed by atoms with Crippen molar-refractivity contribution < 1.29 is 14.3 Å². The number of halogens is 1. The van der Waals surface area contributed by atoms with Gasteiger partial charge >= 0.3 is 0 Å². The highest BCUT2D eigenvalue weighted by Gasteiger charge is 2.17. The second kappa shape index (κ2) is 10.8. The topological polar surface area (TPSA) is 68.6 Å². The summed E-state index contributed by atoms with van der Waals surface area (Å²) in [5, 5.41) is 9.15. The zero-order chi connectivity index (χ0) is 16.5. The second-order valence-corrected chi connectivity index (χ2v) is 6.76. The van der Waals surface area contributed by atoms with Gasteiger partial charge in [0.05, 0.1) is 19.3 Å². The first-order chi connectivity index (χ1) is 11.1. The Kier molecular flexibility index (Phi) is 9.46. The monoisotopic (exact) mass is 355 g/mol. The van der Waals surface area contributed by atoms with Gasteiger partial charge in [-0.1, -0.05) is 25.2 Å². The van der Waals surface area contributed by atoms with E-state index in [4.69, 9.17) is 20.0 Å². The largest absolute Gasteiger partial charge is 0.453 e. The standard InChI is InChI=1S/C19H29NO3.ClH/c1-19(20,15-21)13-12-18-11-10-17(23-18)9-5-6-14-22-16-7-3-2-4-8-16;/h10-11,16,21H,2-4,6-8,12-15,20H2,1H3;1H/t19-;/m1./s1. The molecule has 0 aromatic carbocycles. The molecule has 4 nitrogen and oxygen atoms in total. The fourth-order valence-electron chi connectivity index (χ4n) is 2.73. The van der Waals surface area contributed by atoms with Crippen molar-refractivity contribution in [2.45, 2.75) is 69.9 Å². The average Bonchev–Trinajstić information content (AvgIpc) is 3.02. The summed E-state index contributed by atoms with van der Waals surface area (Å²) in [7, 11) is 0. The SMILES string of the molecule is C[C@](N)(CO)CCc1ccc(C#CCCOC2CCCCC2)o1.Cl. The van der Waals surface area contributed by atoms with Crippen LogP contribution < -0.4 is 5.73 Å². The summed E-state index contributed by atoms with van der Waals surface area (Å²) >= 11 is 0. The maximum absolute atomic E-state index is 9.15. The van der Waals surface area contributed by atoms with Gasteiger partial charge < -0.3 is 20.0 Å². The quantitative estimate of drug-likeness (QED) is 0.580. The molecule has 1 aromatic rings. The number of rotatable bonds is 7. The van der Waals surface area contributed by atoms with Crippen molar-refractivity contribution in [1.29, 1.82) is 0 Å². The lowest BCUT2D eigenvalue weighted by molar-refractivity contribution is 0.0320. The van der Waals surface area contributed by atoms with E-state index < -0.39 is 5.54 Å². The average molecular weight is 356 g/mol. The molecule has 3 N–H and O–H groups in total. The first-order valence-electron chi connectivity index (χ1n) is 8.68. The third-order valence-corrected chi connectivity index (χ3v) is 4.31. The highest BCUT2D eigenvalue weighted by atomic mass is 35.5. The van der Waals surface area contributed by atoms with Crippen molar-refractivity contribution in [3.05, 3.63) is 23.7 Å². The first kappa shape index (κ1) is 21.1. The van der Waals surface area contributed by atoms with Crippen LogP contribution in [0.3, 0.4) is 0 Å². The Balaban J connectivity index is 0.00000288. The van der Waals surface area contributed by atoms with Gasteiger partial charge in [0, 0.05) is 18.4 Å². The van der Waals surface area contributed by atoms with Crippen LogP contribution in [0.4, 0.5) is 0 Å². The molecule has 1 aliphatic rings. The summed E-state index contributed by atoms with van der Waals surface area (Å²) in [5.74, 6) is 7.68. The van der Waals surface area contributed by atoms with E-state index >= 15 is 0 Å². The lowest BCUT2D eigenvalue weighted by atomic mass is 9.98. The van der Waals surface area contributed by atoms with Crippen molar-refractivity contribution in [3.8, 4) is 11.8 Å². The predicted molar refractivity (Wildman–Crippen MR) is 98.3 cm³/mol. The fraction of sp³-hybridized carbons (Fsp3) is 0.684. The number of aryl methyl sites for hydroxylation is 1. The number of aliphatic hydroxyl groups excluding tert-OH is 1. The highest BCUT2D eigenvalue weighted by Crippen LogP contribution is 2.20. The molecular weight excluding hydrogens is 326 g/mol. The van der Waals surface area contributed by atoms with E-state index in [2.05, 4.69) is 11.8 Å². The van der Waals surface area contributed by atoms with Gasteiger partial charge in [0.15, 0.2) is 5.76 Å². The van der Waals surface area contributed by atoms with Gasteiger partial charge in [-0.05, 0) is 44.2 Å². The molecule has 2 rings (SSSR count). The predicted octanol–water partition coefficient (Wildman–Crippen LogP) is 3.43. The van der Waals surface area contributed by atoms with Gasteiger partial charge in [0.2, 0.25) is 0 Å². The Bertz CT molecular complexity index is 524. The molecule has 1 aromatic heterocycles. The van der Waals surface area contributed by atoms with Crippen molar-refractivity contribution in [2.24, 2.45) is 5.73 Å². The second-order valence-electron chi connectivity index (χ2n) is 6.76. The number of nitrogens with two attached hydrogens (primary N) is 1. The van der Waals surface area contributed by atoms with Crippen molar-refractivity contribution in [3.63, 3.8) is 0 Å². The fourth-order valence-corrected chi connectivity index (χ4v) is 2.73. The summed E-state index contributed by atoms with van der Waals surface area (Å²) in [6.45, 7) is 2.51. The summed E-state index contributed by atoms with van der Waals surface area (Å²) in [6, 6.07) is 3.81. The minimum Gasteiger partial charge on any atom is -0.453 e. The molecular formula is C19H30ClNO3. The van der Waals surface area contributed by atoms with Crippen molar-refractivity contribution in [2.75, 3.05) is 13.2 Å². The molecule has 1 saturated carbocycles. The van der Waals surface area contributed by atoms with E-state index in [0.29, 0.717) is 31.3 Å². The molecule has 1 atom stereocenters. The first-order valence-corrected chi connectivity index (χ1v) is 8.68. The molecule has 1 aliphatic carbocycles. The Morgan fingerprint density at radius 3 is 2.79 bits per heavy atom. The number of hydrogen-bond acceptors (Lipinski definition) is 4. The third kappa shape index (κ3) is 7.72. The number of aliphatic hydroxyl groups is 1. The molecule has 0 spiro atoms. The molecule has 1 fully saturated rings. The van der Waals surface area contributed by atoms with Crippen LogP contribution in [0.25, 0.3) is 0 Å². The number of hydrogen-bond donors (Lipinski definition) is 2. The molecule has 0 bridgehead atoms. The van der Waals surface area contributed by atoms with E-state index in [-0.39, 0.29) is 19.0 Å². The van der Waals surface area contributed by atoms with Crippen molar-refractivity contribution >= 4 is 12.4 Å². The molecule has 5 heteroatoms. The molecule has 24 heavy (non-hydrogen) atoms. The normalized spacial score (nSPS) is 17.5. The minimum atomic E-state index is -0.560. The van der Waals surface area contributed by atoms with E-state index in [1.807, 2.05) is 19.1 Å². The smallest absolute Gasteiger partial charge is 0.177 e. The molecule has 0 radical (unpaired) electrons. The van der Waals surface area contributed by atoms with E-state index in [1.165, 1.54) is 32.1 Å². The Morgan fingerprint density at radius 2 is 2.08 bits per heavy atom. The summed E-state index contributed by atoms with van der Waals surface area (Å²) in [4.78, 5) is 0. The maximum atomic E-state index is 9.15. The van der Waals surface area contributed by atoms with Gasteiger partial charge in [-0.25, -0.2) is 0 Å². The summed E-state index contributed by atoms with van der Waals surface area (Å²) < 4.78 is 11.5.